The molecule has 2 rings (SSSR count). The van der Waals surface area contributed by atoms with Crippen LogP contribution in [0.5, 0.6) is 0 Å². The van der Waals surface area contributed by atoms with E-state index in [-0.39, 0.29) is 5.91 Å². The number of hydrogen-bond acceptors (Lipinski definition) is 2. The van der Waals surface area contributed by atoms with Gasteiger partial charge in [-0.3, -0.25) is 4.79 Å². The van der Waals surface area contributed by atoms with Crippen molar-refractivity contribution in [2.24, 2.45) is 0 Å². The van der Waals surface area contributed by atoms with Crippen molar-refractivity contribution in [1.82, 2.24) is 4.90 Å². The third-order valence-corrected chi connectivity index (χ3v) is 3.66. The van der Waals surface area contributed by atoms with Crippen LogP contribution in [0.25, 0.3) is 0 Å². The van der Waals surface area contributed by atoms with Gasteiger partial charge in [-0.05, 0) is 43.0 Å². The molecule has 1 aliphatic rings. The molecule has 0 saturated carbocycles. The molecular weight excluding hydrogens is 226 g/mol. The zero-order valence-corrected chi connectivity index (χ0v) is 11.5. The highest BCUT2D eigenvalue weighted by Gasteiger charge is 2.17. The van der Waals surface area contributed by atoms with Crippen LogP contribution in [0.2, 0.25) is 0 Å². The fraction of sp³-hybridized carbons (Fsp3) is 0.533. The maximum Gasteiger partial charge on any atom is 0.227 e. The lowest BCUT2D eigenvalue weighted by atomic mass is 9.98. The molecule has 1 aromatic carbocycles. The molecule has 0 atom stereocenters. The molecule has 0 radical (unpaired) electrons. The fourth-order valence-corrected chi connectivity index (χ4v) is 2.30. The SMILES string of the molecule is Cc1cc(C)c(CC(=O)N2CCOCC2)cc1C. The van der Waals surface area contributed by atoms with Crippen LogP contribution >= 0.6 is 0 Å². The van der Waals surface area contributed by atoms with Crippen LogP contribution < -0.4 is 0 Å². The summed E-state index contributed by atoms with van der Waals surface area (Å²) in [5, 5.41) is 0. The molecule has 0 aliphatic carbocycles. The number of aryl methyl sites for hydroxylation is 3. The minimum Gasteiger partial charge on any atom is -0.378 e. The predicted octanol–water partition coefficient (Wildman–Crippen LogP) is 2.01. The number of carbonyl (C=O) groups excluding carboxylic acids is 1. The Morgan fingerprint density at radius 2 is 1.72 bits per heavy atom. The minimum atomic E-state index is 0.213. The van der Waals surface area contributed by atoms with Gasteiger partial charge < -0.3 is 9.64 Å². The monoisotopic (exact) mass is 247 g/mol. The Bertz CT molecular complexity index is 448. The summed E-state index contributed by atoms with van der Waals surface area (Å²) in [7, 11) is 0. The van der Waals surface area contributed by atoms with Crippen molar-refractivity contribution in [3.8, 4) is 0 Å². The van der Waals surface area contributed by atoms with Crippen LogP contribution in [0.1, 0.15) is 22.3 Å². The molecule has 1 aromatic rings. The minimum absolute atomic E-state index is 0.213. The van der Waals surface area contributed by atoms with Crippen molar-refractivity contribution < 1.29 is 9.53 Å². The first kappa shape index (κ1) is 13.1. The van der Waals surface area contributed by atoms with Crippen molar-refractivity contribution in [3.63, 3.8) is 0 Å². The lowest BCUT2D eigenvalue weighted by Gasteiger charge is -2.27. The molecule has 1 heterocycles. The van der Waals surface area contributed by atoms with Crippen LogP contribution in [0.3, 0.4) is 0 Å². The molecular formula is C15H21NO2. The molecule has 1 fully saturated rings. The Balaban J connectivity index is 2.08. The highest BCUT2D eigenvalue weighted by Crippen LogP contribution is 2.16. The van der Waals surface area contributed by atoms with E-state index in [4.69, 9.17) is 4.74 Å². The summed E-state index contributed by atoms with van der Waals surface area (Å²) in [6.07, 6.45) is 0.507. The number of rotatable bonds is 2. The topological polar surface area (TPSA) is 29.5 Å². The number of carbonyl (C=O) groups is 1. The van der Waals surface area contributed by atoms with Crippen molar-refractivity contribution in [1.29, 1.82) is 0 Å². The van der Waals surface area contributed by atoms with Crippen molar-refractivity contribution >= 4 is 5.91 Å². The fourth-order valence-electron chi connectivity index (χ4n) is 2.30. The average Bonchev–Trinajstić information content (AvgIpc) is 2.37. The normalized spacial score (nSPS) is 15.8. The molecule has 0 spiro atoms. The van der Waals surface area contributed by atoms with E-state index in [0.29, 0.717) is 19.6 Å². The van der Waals surface area contributed by atoms with E-state index in [1.807, 2.05) is 4.90 Å². The first-order valence-corrected chi connectivity index (χ1v) is 6.50. The maximum absolute atomic E-state index is 12.2. The van der Waals surface area contributed by atoms with Crippen LogP contribution in [0.4, 0.5) is 0 Å². The number of nitrogens with zero attached hydrogens (tertiary/aromatic N) is 1. The van der Waals surface area contributed by atoms with Crippen molar-refractivity contribution in [2.75, 3.05) is 26.3 Å². The van der Waals surface area contributed by atoms with Crippen LogP contribution in [0.15, 0.2) is 12.1 Å². The number of amides is 1. The maximum atomic E-state index is 12.2. The van der Waals surface area contributed by atoms with Gasteiger partial charge in [0.2, 0.25) is 5.91 Å². The molecule has 1 saturated heterocycles. The molecule has 0 bridgehead atoms. The van der Waals surface area contributed by atoms with Crippen LogP contribution in [0, 0.1) is 20.8 Å². The summed E-state index contributed by atoms with van der Waals surface area (Å²) in [4.78, 5) is 14.1. The highest BCUT2D eigenvalue weighted by atomic mass is 16.5. The summed E-state index contributed by atoms with van der Waals surface area (Å²) in [6, 6.07) is 4.31. The van der Waals surface area contributed by atoms with Gasteiger partial charge in [-0.25, -0.2) is 0 Å². The van der Waals surface area contributed by atoms with Gasteiger partial charge in [-0.15, -0.1) is 0 Å². The van der Waals surface area contributed by atoms with E-state index in [2.05, 4.69) is 32.9 Å². The van der Waals surface area contributed by atoms with E-state index < -0.39 is 0 Å². The largest absolute Gasteiger partial charge is 0.378 e. The zero-order chi connectivity index (χ0) is 13.1. The van der Waals surface area contributed by atoms with Crippen LogP contribution in [-0.2, 0) is 16.0 Å². The van der Waals surface area contributed by atoms with E-state index in [1.165, 1.54) is 16.7 Å². The zero-order valence-electron chi connectivity index (χ0n) is 11.5. The van der Waals surface area contributed by atoms with Gasteiger partial charge in [-0.1, -0.05) is 12.1 Å². The second-order valence-corrected chi connectivity index (χ2v) is 5.03. The lowest BCUT2D eigenvalue weighted by Crippen LogP contribution is -2.41. The summed E-state index contributed by atoms with van der Waals surface area (Å²) in [6.45, 7) is 9.06. The first-order chi connectivity index (χ1) is 8.58. The molecule has 0 unspecified atom stereocenters. The van der Waals surface area contributed by atoms with Gasteiger partial charge in [0.1, 0.15) is 0 Å². The summed E-state index contributed by atoms with van der Waals surface area (Å²) < 4.78 is 5.26. The lowest BCUT2D eigenvalue weighted by molar-refractivity contribution is -0.134. The summed E-state index contributed by atoms with van der Waals surface area (Å²) >= 11 is 0. The Morgan fingerprint density at radius 1 is 1.11 bits per heavy atom. The molecule has 3 heteroatoms. The Labute approximate surface area is 109 Å². The smallest absolute Gasteiger partial charge is 0.227 e. The number of morpholine rings is 1. The third kappa shape index (κ3) is 2.91. The van der Waals surface area contributed by atoms with Gasteiger partial charge in [0, 0.05) is 13.1 Å². The quantitative estimate of drug-likeness (QED) is 0.800. The highest BCUT2D eigenvalue weighted by molar-refractivity contribution is 5.79. The Morgan fingerprint density at radius 3 is 2.39 bits per heavy atom. The summed E-state index contributed by atoms with van der Waals surface area (Å²) in [5.74, 6) is 0.213. The van der Waals surface area contributed by atoms with E-state index >= 15 is 0 Å². The average molecular weight is 247 g/mol. The van der Waals surface area contributed by atoms with Crippen LogP contribution in [-0.4, -0.2) is 37.1 Å². The van der Waals surface area contributed by atoms with Crippen molar-refractivity contribution in [2.45, 2.75) is 27.2 Å². The molecule has 98 valence electrons. The van der Waals surface area contributed by atoms with Crippen molar-refractivity contribution in [3.05, 3.63) is 34.4 Å². The van der Waals surface area contributed by atoms with E-state index in [1.54, 1.807) is 0 Å². The molecule has 1 amide bonds. The third-order valence-electron chi connectivity index (χ3n) is 3.66. The number of ether oxygens (including phenoxy) is 1. The standard InChI is InChI=1S/C15H21NO2/c1-11-8-13(3)14(9-12(11)2)10-15(17)16-4-6-18-7-5-16/h8-9H,4-7,10H2,1-3H3. The molecule has 18 heavy (non-hydrogen) atoms. The van der Waals surface area contributed by atoms with Gasteiger partial charge in [0.15, 0.2) is 0 Å². The second-order valence-electron chi connectivity index (χ2n) is 5.03. The first-order valence-electron chi connectivity index (χ1n) is 6.50. The molecule has 1 aliphatic heterocycles. The van der Waals surface area contributed by atoms with Gasteiger partial charge in [-0.2, -0.15) is 0 Å². The number of benzene rings is 1. The van der Waals surface area contributed by atoms with E-state index in [9.17, 15) is 4.79 Å². The summed E-state index contributed by atoms with van der Waals surface area (Å²) in [5.41, 5.74) is 4.90. The number of hydrogen-bond donors (Lipinski definition) is 0. The van der Waals surface area contributed by atoms with Gasteiger partial charge in [0.25, 0.3) is 0 Å². The molecule has 3 nitrogen and oxygen atoms in total. The Hall–Kier alpha value is -1.35. The second kappa shape index (κ2) is 5.53. The molecule has 0 aromatic heterocycles. The van der Waals surface area contributed by atoms with Gasteiger partial charge in [0.05, 0.1) is 19.6 Å². The van der Waals surface area contributed by atoms with Gasteiger partial charge >= 0.3 is 0 Å². The molecule has 0 N–H and O–H groups in total. The predicted molar refractivity (Wildman–Crippen MR) is 71.8 cm³/mol. The van der Waals surface area contributed by atoms with E-state index in [0.717, 1.165) is 18.7 Å². The Kier molecular flexibility index (Phi) is 4.02.